The molecule has 0 spiro atoms. The molecule has 1 aliphatic heterocycles. The Morgan fingerprint density at radius 3 is 2.42 bits per heavy atom. The Kier molecular flexibility index (Phi) is 7.30. The van der Waals surface area contributed by atoms with Crippen molar-refractivity contribution >= 4 is 5.97 Å². The van der Waals surface area contributed by atoms with Crippen molar-refractivity contribution in [2.24, 2.45) is 0 Å². The summed E-state index contributed by atoms with van der Waals surface area (Å²) in [5.74, 6) is -0.364. The average molecular weight is 276 g/mol. The maximum absolute atomic E-state index is 11.3. The summed E-state index contributed by atoms with van der Waals surface area (Å²) in [5, 5.41) is 0. The largest absolute Gasteiger partial charge is 0.457 e. The van der Waals surface area contributed by atoms with E-state index in [1.807, 2.05) is 13.8 Å². The molecule has 0 aromatic heterocycles. The summed E-state index contributed by atoms with van der Waals surface area (Å²) >= 11 is 0. The molecule has 1 rings (SSSR count). The van der Waals surface area contributed by atoms with Gasteiger partial charge in [-0.1, -0.05) is 0 Å². The van der Waals surface area contributed by atoms with Crippen LogP contribution in [-0.4, -0.2) is 63.9 Å². The molecule has 6 heteroatoms. The van der Waals surface area contributed by atoms with Crippen molar-refractivity contribution in [2.45, 2.75) is 45.2 Å². The van der Waals surface area contributed by atoms with Gasteiger partial charge in [-0.2, -0.15) is 0 Å². The van der Waals surface area contributed by atoms with Crippen LogP contribution in [0.5, 0.6) is 0 Å². The van der Waals surface area contributed by atoms with Gasteiger partial charge in [0.15, 0.2) is 6.10 Å². The summed E-state index contributed by atoms with van der Waals surface area (Å²) in [6.07, 6.45) is -1.41. The molecular weight excluding hydrogens is 252 g/mol. The smallest absolute Gasteiger partial charge is 0.303 e. The minimum atomic E-state index is -0.511. The van der Waals surface area contributed by atoms with Gasteiger partial charge in [-0.05, 0) is 13.8 Å². The van der Waals surface area contributed by atoms with E-state index < -0.39 is 6.10 Å². The molecule has 0 aromatic carbocycles. The number of hydrogen-bond acceptors (Lipinski definition) is 6. The van der Waals surface area contributed by atoms with Crippen molar-refractivity contribution in [1.82, 2.24) is 0 Å². The molecule has 1 heterocycles. The fraction of sp³-hybridized carbons (Fsp3) is 0.923. The van der Waals surface area contributed by atoms with Gasteiger partial charge < -0.3 is 23.7 Å². The van der Waals surface area contributed by atoms with E-state index in [9.17, 15) is 4.79 Å². The Balaban J connectivity index is 2.82. The molecule has 1 aliphatic rings. The molecule has 0 bridgehead atoms. The van der Waals surface area contributed by atoms with Crippen LogP contribution in [0.15, 0.2) is 0 Å². The standard InChI is InChI=1S/C13H24O6/c1-5-16-11-8-18-10(7-15-4)13(19-9(3)14)12(11)17-6-2/h10-13H,5-8H2,1-4H3. The second kappa shape index (κ2) is 8.47. The summed E-state index contributed by atoms with van der Waals surface area (Å²) in [4.78, 5) is 11.3. The Morgan fingerprint density at radius 1 is 1.21 bits per heavy atom. The first-order chi connectivity index (χ1) is 9.13. The van der Waals surface area contributed by atoms with Crippen LogP contribution in [0.3, 0.4) is 0 Å². The van der Waals surface area contributed by atoms with Crippen LogP contribution in [0.2, 0.25) is 0 Å². The molecule has 0 amide bonds. The van der Waals surface area contributed by atoms with Crippen LogP contribution in [0.4, 0.5) is 0 Å². The SMILES string of the molecule is CCOC1COC(COC)C(OC(C)=O)C1OCC. The first kappa shape index (κ1) is 16.4. The zero-order valence-corrected chi connectivity index (χ0v) is 12.1. The van der Waals surface area contributed by atoms with E-state index >= 15 is 0 Å². The van der Waals surface area contributed by atoms with Crippen molar-refractivity contribution < 1.29 is 28.5 Å². The first-order valence-corrected chi connectivity index (χ1v) is 6.64. The lowest BCUT2D eigenvalue weighted by molar-refractivity contribution is -0.232. The van der Waals surface area contributed by atoms with Gasteiger partial charge in [0.05, 0.1) is 13.2 Å². The lowest BCUT2D eigenvalue weighted by atomic mass is 9.99. The van der Waals surface area contributed by atoms with E-state index in [2.05, 4.69) is 0 Å². The zero-order chi connectivity index (χ0) is 14.3. The average Bonchev–Trinajstić information content (AvgIpc) is 2.36. The van der Waals surface area contributed by atoms with Gasteiger partial charge in [-0.3, -0.25) is 4.79 Å². The van der Waals surface area contributed by atoms with Crippen LogP contribution < -0.4 is 0 Å². The quantitative estimate of drug-likeness (QED) is 0.640. The van der Waals surface area contributed by atoms with Gasteiger partial charge >= 0.3 is 5.97 Å². The summed E-state index contributed by atoms with van der Waals surface area (Å²) in [5.41, 5.74) is 0. The van der Waals surface area contributed by atoms with E-state index in [1.165, 1.54) is 6.92 Å². The van der Waals surface area contributed by atoms with Crippen LogP contribution in [0.1, 0.15) is 20.8 Å². The number of carbonyl (C=O) groups excluding carboxylic acids is 1. The Morgan fingerprint density at radius 2 is 1.89 bits per heavy atom. The molecule has 0 saturated carbocycles. The van der Waals surface area contributed by atoms with E-state index in [4.69, 9.17) is 23.7 Å². The highest BCUT2D eigenvalue weighted by atomic mass is 16.6. The van der Waals surface area contributed by atoms with E-state index in [0.29, 0.717) is 26.4 Å². The molecule has 1 saturated heterocycles. The highest BCUT2D eigenvalue weighted by Gasteiger charge is 2.43. The third-order valence-electron chi connectivity index (χ3n) is 2.90. The van der Waals surface area contributed by atoms with Gasteiger partial charge in [0.25, 0.3) is 0 Å². The molecule has 1 fully saturated rings. The lowest BCUT2D eigenvalue weighted by Crippen LogP contribution is -2.57. The highest BCUT2D eigenvalue weighted by molar-refractivity contribution is 5.66. The summed E-state index contributed by atoms with van der Waals surface area (Å²) in [7, 11) is 1.58. The Bertz CT molecular complexity index is 270. The number of methoxy groups -OCH3 is 1. The van der Waals surface area contributed by atoms with Crippen molar-refractivity contribution in [3.63, 3.8) is 0 Å². The molecule has 6 nitrogen and oxygen atoms in total. The summed E-state index contributed by atoms with van der Waals surface area (Å²) in [6, 6.07) is 0. The third kappa shape index (κ3) is 4.72. The second-order valence-electron chi connectivity index (χ2n) is 4.31. The van der Waals surface area contributed by atoms with Gasteiger partial charge in [0, 0.05) is 27.2 Å². The maximum Gasteiger partial charge on any atom is 0.303 e. The summed E-state index contributed by atoms with van der Waals surface area (Å²) in [6.45, 7) is 7.01. The second-order valence-corrected chi connectivity index (χ2v) is 4.31. The number of esters is 1. The van der Waals surface area contributed by atoms with Gasteiger partial charge in [-0.25, -0.2) is 0 Å². The third-order valence-corrected chi connectivity index (χ3v) is 2.90. The fourth-order valence-electron chi connectivity index (χ4n) is 2.22. The van der Waals surface area contributed by atoms with E-state index in [1.54, 1.807) is 7.11 Å². The molecule has 112 valence electrons. The van der Waals surface area contributed by atoms with Crippen molar-refractivity contribution in [3.8, 4) is 0 Å². The van der Waals surface area contributed by atoms with Crippen molar-refractivity contribution in [1.29, 1.82) is 0 Å². The van der Waals surface area contributed by atoms with Gasteiger partial charge in [-0.15, -0.1) is 0 Å². The number of carbonyl (C=O) groups is 1. The number of ether oxygens (including phenoxy) is 5. The topological polar surface area (TPSA) is 63.2 Å². The molecule has 0 aromatic rings. The van der Waals surface area contributed by atoms with Crippen LogP contribution in [0, 0.1) is 0 Å². The molecule has 0 N–H and O–H groups in total. The lowest BCUT2D eigenvalue weighted by Gasteiger charge is -2.41. The Labute approximate surface area is 114 Å². The molecule has 4 unspecified atom stereocenters. The predicted octanol–water partition coefficient (Wildman–Crippen LogP) is 0.773. The monoisotopic (exact) mass is 276 g/mol. The van der Waals surface area contributed by atoms with E-state index in [0.717, 1.165) is 0 Å². The molecule has 4 atom stereocenters. The minimum absolute atomic E-state index is 0.234. The van der Waals surface area contributed by atoms with Crippen LogP contribution in [0.25, 0.3) is 0 Å². The fourth-order valence-corrected chi connectivity index (χ4v) is 2.22. The van der Waals surface area contributed by atoms with Crippen molar-refractivity contribution in [3.05, 3.63) is 0 Å². The van der Waals surface area contributed by atoms with Crippen LogP contribution in [-0.2, 0) is 28.5 Å². The van der Waals surface area contributed by atoms with Gasteiger partial charge in [0.2, 0.25) is 0 Å². The normalized spacial score (nSPS) is 31.2. The van der Waals surface area contributed by atoms with E-state index in [-0.39, 0.29) is 24.3 Å². The highest BCUT2D eigenvalue weighted by Crippen LogP contribution is 2.24. The predicted molar refractivity (Wildman–Crippen MR) is 68.0 cm³/mol. The molecule has 0 radical (unpaired) electrons. The van der Waals surface area contributed by atoms with Crippen LogP contribution >= 0.6 is 0 Å². The van der Waals surface area contributed by atoms with Crippen molar-refractivity contribution in [2.75, 3.05) is 33.5 Å². The Hall–Kier alpha value is -0.690. The summed E-state index contributed by atoms with van der Waals surface area (Å²) < 4.78 is 27.4. The molecule has 19 heavy (non-hydrogen) atoms. The maximum atomic E-state index is 11.3. The number of hydrogen-bond donors (Lipinski definition) is 0. The zero-order valence-electron chi connectivity index (χ0n) is 12.1. The van der Waals surface area contributed by atoms with Gasteiger partial charge in [0.1, 0.15) is 18.3 Å². The minimum Gasteiger partial charge on any atom is -0.457 e. The molecule has 0 aliphatic carbocycles. The molecular formula is C13H24O6. The number of rotatable bonds is 7. The first-order valence-electron chi connectivity index (χ1n) is 6.64.